The highest BCUT2D eigenvalue weighted by Gasteiger charge is 2.33. The van der Waals surface area contributed by atoms with Crippen molar-refractivity contribution in [3.8, 4) is 0 Å². The van der Waals surface area contributed by atoms with Crippen molar-refractivity contribution in [3.05, 3.63) is 0 Å². The zero-order chi connectivity index (χ0) is 7.68. The van der Waals surface area contributed by atoms with Gasteiger partial charge in [-0.3, -0.25) is 4.90 Å². The third-order valence-electron chi connectivity index (χ3n) is 2.90. The average molecular weight is 172 g/mol. The van der Waals surface area contributed by atoms with E-state index in [-0.39, 0.29) is 0 Å². The molecule has 0 aliphatic carbocycles. The first-order valence-electron chi connectivity index (χ1n) is 4.55. The molecular formula is C8H17N2P. The maximum absolute atomic E-state index is 3.46. The molecule has 0 radical (unpaired) electrons. The van der Waals surface area contributed by atoms with Crippen LogP contribution in [-0.4, -0.2) is 43.0 Å². The molecule has 3 unspecified atom stereocenters. The Bertz CT molecular complexity index is 134. The zero-order valence-electron chi connectivity index (χ0n) is 7.14. The highest BCUT2D eigenvalue weighted by molar-refractivity contribution is 7.37. The van der Waals surface area contributed by atoms with Crippen molar-refractivity contribution in [3.63, 3.8) is 0 Å². The van der Waals surface area contributed by atoms with Gasteiger partial charge in [0.25, 0.3) is 0 Å². The molecule has 0 aromatic heterocycles. The van der Waals surface area contributed by atoms with Crippen molar-refractivity contribution in [2.24, 2.45) is 0 Å². The monoisotopic (exact) mass is 172 g/mol. The van der Waals surface area contributed by atoms with Gasteiger partial charge >= 0.3 is 0 Å². The maximum Gasteiger partial charge on any atom is 0.0270 e. The van der Waals surface area contributed by atoms with Crippen LogP contribution in [0, 0.1) is 0 Å². The quantitative estimate of drug-likeness (QED) is 0.585. The van der Waals surface area contributed by atoms with E-state index in [1.54, 1.807) is 0 Å². The minimum atomic E-state index is 0.876. The number of rotatable bonds is 1. The summed E-state index contributed by atoms with van der Waals surface area (Å²) in [6, 6.07) is 0.876. The van der Waals surface area contributed by atoms with Crippen LogP contribution in [-0.2, 0) is 0 Å². The van der Waals surface area contributed by atoms with Gasteiger partial charge in [-0.25, -0.2) is 0 Å². The molecule has 1 N–H and O–H groups in total. The van der Waals surface area contributed by atoms with Gasteiger partial charge in [-0.2, -0.15) is 0 Å². The Morgan fingerprint density at radius 2 is 2.36 bits per heavy atom. The van der Waals surface area contributed by atoms with Crippen molar-refractivity contribution in [1.29, 1.82) is 0 Å². The van der Waals surface area contributed by atoms with Gasteiger partial charge in [-0.1, -0.05) is 0 Å². The van der Waals surface area contributed by atoms with E-state index in [0.29, 0.717) is 0 Å². The maximum atomic E-state index is 3.46. The van der Waals surface area contributed by atoms with Crippen LogP contribution >= 0.6 is 8.58 Å². The summed E-state index contributed by atoms with van der Waals surface area (Å²) < 4.78 is 0. The largest absolute Gasteiger partial charge is 0.314 e. The third kappa shape index (κ3) is 1.44. The molecule has 2 heterocycles. The summed E-state index contributed by atoms with van der Waals surface area (Å²) in [4.78, 5) is 2.72. The van der Waals surface area contributed by atoms with Crippen molar-refractivity contribution >= 4 is 8.58 Å². The van der Waals surface area contributed by atoms with E-state index >= 15 is 0 Å². The fourth-order valence-electron chi connectivity index (χ4n) is 2.28. The Labute approximate surface area is 70.5 Å². The summed E-state index contributed by atoms with van der Waals surface area (Å²) in [5.41, 5.74) is 0. The van der Waals surface area contributed by atoms with E-state index in [0.717, 1.165) is 20.4 Å². The minimum absolute atomic E-state index is 0.876. The molecule has 2 aliphatic heterocycles. The molecule has 2 nitrogen and oxygen atoms in total. The van der Waals surface area contributed by atoms with Crippen LogP contribution in [0.4, 0.5) is 0 Å². The van der Waals surface area contributed by atoms with Crippen molar-refractivity contribution in [1.82, 2.24) is 10.2 Å². The third-order valence-corrected chi connectivity index (χ3v) is 4.19. The molecule has 0 saturated carbocycles. The smallest absolute Gasteiger partial charge is 0.0270 e. The lowest BCUT2D eigenvalue weighted by Gasteiger charge is -2.33. The van der Waals surface area contributed by atoms with Gasteiger partial charge in [0, 0.05) is 31.5 Å². The Kier molecular flexibility index (Phi) is 2.45. The predicted octanol–water partition coefficient (Wildman–Crippen LogP) is 0.688. The molecule has 0 aromatic carbocycles. The Morgan fingerprint density at radius 1 is 1.45 bits per heavy atom. The molecule has 3 heteroatoms. The van der Waals surface area contributed by atoms with Gasteiger partial charge in [0.15, 0.2) is 0 Å². The second-order valence-corrected chi connectivity index (χ2v) is 4.72. The first kappa shape index (κ1) is 7.97. The fraction of sp³-hybridized carbons (Fsp3) is 1.00. The molecule has 11 heavy (non-hydrogen) atoms. The summed E-state index contributed by atoms with van der Waals surface area (Å²) >= 11 is 0. The Morgan fingerprint density at radius 3 is 3.18 bits per heavy atom. The molecule has 2 fully saturated rings. The number of hydrogen-bond acceptors (Lipinski definition) is 2. The van der Waals surface area contributed by atoms with E-state index in [9.17, 15) is 0 Å². The first-order chi connectivity index (χ1) is 5.42. The van der Waals surface area contributed by atoms with E-state index < -0.39 is 0 Å². The number of nitrogens with one attached hydrogen (secondary N) is 1. The van der Waals surface area contributed by atoms with Crippen LogP contribution in [0.5, 0.6) is 0 Å². The summed E-state index contributed by atoms with van der Waals surface area (Å²) in [5, 5.41) is 3.46. The lowest BCUT2D eigenvalue weighted by molar-refractivity contribution is 0.198. The number of nitrogens with zero attached hydrogens (tertiary/aromatic N) is 1. The molecule has 2 rings (SSSR count). The molecule has 2 aliphatic rings. The van der Waals surface area contributed by atoms with Gasteiger partial charge < -0.3 is 5.32 Å². The van der Waals surface area contributed by atoms with Crippen LogP contribution in [0.2, 0.25) is 0 Å². The standard InChI is InChI=1S/C8H17N2P/c1-11-8-3-2-7-6-9-4-5-10(7)8/h7-9,11H,2-6H2,1H3. The van der Waals surface area contributed by atoms with Crippen LogP contribution in [0.25, 0.3) is 0 Å². The van der Waals surface area contributed by atoms with E-state index in [1.165, 1.54) is 32.5 Å². The summed E-state index contributed by atoms with van der Waals surface area (Å²) in [6.45, 7) is 6.07. The van der Waals surface area contributed by atoms with Gasteiger partial charge in [0.2, 0.25) is 0 Å². The second kappa shape index (κ2) is 3.38. The fourth-order valence-corrected chi connectivity index (χ4v) is 3.41. The second-order valence-electron chi connectivity index (χ2n) is 3.48. The number of fused-ring (bicyclic) bond motifs is 1. The molecule has 2 saturated heterocycles. The van der Waals surface area contributed by atoms with Crippen molar-refractivity contribution in [2.45, 2.75) is 24.7 Å². The molecule has 0 bridgehead atoms. The van der Waals surface area contributed by atoms with Gasteiger partial charge in [-0.05, 0) is 19.5 Å². The molecule has 0 spiro atoms. The van der Waals surface area contributed by atoms with Gasteiger partial charge in [0.05, 0.1) is 0 Å². The Hall–Kier alpha value is 0.350. The van der Waals surface area contributed by atoms with Crippen LogP contribution < -0.4 is 5.32 Å². The SMILES string of the molecule is CPC1CCC2CNCCN21. The average Bonchev–Trinajstić information content (AvgIpc) is 2.47. The van der Waals surface area contributed by atoms with E-state index in [2.05, 4.69) is 16.9 Å². The highest BCUT2D eigenvalue weighted by Crippen LogP contribution is 2.33. The Balaban J connectivity index is 1.98. The summed E-state index contributed by atoms with van der Waals surface area (Å²) in [7, 11) is 1.12. The van der Waals surface area contributed by atoms with Crippen LogP contribution in [0.15, 0.2) is 0 Å². The lowest BCUT2D eigenvalue weighted by Crippen LogP contribution is -2.49. The first-order valence-corrected chi connectivity index (χ1v) is 6.13. The minimum Gasteiger partial charge on any atom is -0.314 e. The number of hydrogen-bond donors (Lipinski definition) is 1. The zero-order valence-corrected chi connectivity index (χ0v) is 8.14. The molecule has 3 atom stereocenters. The van der Waals surface area contributed by atoms with Crippen molar-refractivity contribution < 1.29 is 0 Å². The van der Waals surface area contributed by atoms with Crippen LogP contribution in [0.1, 0.15) is 12.8 Å². The van der Waals surface area contributed by atoms with Crippen LogP contribution in [0.3, 0.4) is 0 Å². The summed E-state index contributed by atoms with van der Waals surface area (Å²) in [5.74, 6) is 0.932. The predicted molar refractivity (Wildman–Crippen MR) is 50.6 cm³/mol. The molecule has 0 aromatic rings. The molecule has 0 amide bonds. The van der Waals surface area contributed by atoms with Gasteiger partial charge in [-0.15, -0.1) is 8.58 Å². The van der Waals surface area contributed by atoms with E-state index in [4.69, 9.17) is 0 Å². The van der Waals surface area contributed by atoms with E-state index in [1.807, 2.05) is 0 Å². The summed E-state index contributed by atoms with van der Waals surface area (Å²) in [6.07, 6.45) is 2.87. The highest BCUT2D eigenvalue weighted by atomic mass is 31.1. The van der Waals surface area contributed by atoms with Crippen molar-refractivity contribution in [2.75, 3.05) is 26.3 Å². The number of piperazine rings is 1. The molecular weight excluding hydrogens is 155 g/mol. The topological polar surface area (TPSA) is 15.3 Å². The normalized spacial score (nSPS) is 40.1. The van der Waals surface area contributed by atoms with Gasteiger partial charge in [0.1, 0.15) is 0 Å². The molecule has 64 valence electrons. The lowest BCUT2D eigenvalue weighted by atomic mass is 10.2.